The number of aryl methyl sites for hydroxylation is 1. The van der Waals surface area contributed by atoms with Gasteiger partial charge in [-0.3, -0.25) is 0 Å². The van der Waals surface area contributed by atoms with Gasteiger partial charge in [-0.25, -0.2) is 4.98 Å². The third-order valence-corrected chi connectivity index (χ3v) is 3.03. The number of rotatable bonds is 3. The summed E-state index contributed by atoms with van der Waals surface area (Å²) in [5, 5.41) is 3.40. The summed E-state index contributed by atoms with van der Waals surface area (Å²) in [6.07, 6.45) is 4.14. The van der Waals surface area contributed by atoms with Crippen LogP contribution in [0.5, 0.6) is 0 Å². The van der Waals surface area contributed by atoms with E-state index in [1.807, 2.05) is 13.0 Å². The average Bonchev–Trinajstić information content (AvgIpc) is 2.82. The van der Waals surface area contributed by atoms with E-state index in [1.54, 1.807) is 6.20 Å². The molecule has 0 unspecified atom stereocenters. The number of aromatic nitrogens is 1. The predicted octanol–water partition coefficient (Wildman–Crippen LogP) is 1.99. The molecule has 1 fully saturated rings. The molecule has 1 aromatic rings. The summed E-state index contributed by atoms with van der Waals surface area (Å²) in [5.41, 5.74) is 7.85. The maximum Gasteiger partial charge on any atom is 0.136 e. The lowest BCUT2D eigenvalue weighted by Gasteiger charge is -2.16. The van der Waals surface area contributed by atoms with Crippen LogP contribution in [0.2, 0.25) is 0 Å². The van der Waals surface area contributed by atoms with Crippen LogP contribution < -0.4 is 11.1 Å². The first-order valence-electron chi connectivity index (χ1n) is 5.05. The molecule has 4 heteroatoms. The monoisotopic (exact) mass is 221 g/mol. The Morgan fingerprint density at radius 2 is 2.27 bits per heavy atom. The molecule has 2 rings (SSSR count). The first-order valence-corrected chi connectivity index (χ1v) is 5.46. The fourth-order valence-electron chi connectivity index (χ4n) is 1.56. The van der Waals surface area contributed by atoms with Crippen LogP contribution in [0.25, 0.3) is 0 Å². The molecule has 1 heterocycles. The van der Waals surface area contributed by atoms with Crippen molar-refractivity contribution in [3.63, 3.8) is 0 Å². The zero-order chi connectivity index (χ0) is 11.1. The standard InChI is InChI=1S/C11H15N3S/c1-7-3-6-13-10(8(7)9(12)15)14-11(2)4-5-11/h3,6H,4-5H2,1-2H3,(H2,12,15)(H,13,14). The van der Waals surface area contributed by atoms with Crippen LogP contribution in [-0.4, -0.2) is 15.5 Å². The smallest absolute Gasteiger partial charge is 0.136 e. The summed E-state index contributed by atoms with van der Waals surface area (Å²) in [7, 11) is 0. The SMILES string of the molecule is Cc1ccnc(NC2(C)CC2)c1C(N)=S. The van der Waals surface area contributed by atoms with E-state index in [9.17, 15) is 0 Å². The van der Waals surface area contributed by atoms with Crippen LogP contribution in [0.15, 0.2) is 12.3 Å². The molecule has 3 nitrogen and oxygen atoms in total. The van der Waals surface area contributed by atoms with Gasteiger partial charge in [0.25, 0.3) is 0 Å². The van der Waals surface area contributed by atoms with Crippen molar-refractivity contribution in [3.8, 4) is 0 Å². The number of nitrogens with two attached hydrogens (primary N) is 1. The third-order valence-electron chi connectivity index (χ3n) is 2.83. The second-order valence-electron chi connectivity index (χ2n) is 4.40. The summed E-state index contributed by atoms with van der Waals surface area (Å²) in [4.78, 5) is 4.72. The largest absolute Gasteiger partial charge is 0.389 e. The van der Waals surface area contributed by atoms with E-state index in [0.29, 0.717) is 4.99 Å². The van der Waals surface area contributed by atoms with Crippen LogP contribution in [0.4, 0.5) is 5.82 Å². The normalized spacial score (nSPS) is 17.2. The van der Waals surface area contributed by atoms with E-state index in [-0.39, 0.29) is 5.54 Å². The van der Waals surface area contributed by atoms with Gasteiger partial charge in [0.1, 0.15) is 10.8 Å². The number of nitrogens with one attached hydrogen (secondary N) is 1. The number of anilines is 1. The Balaban J connectivity index is 2.37. The van der Waals surface area contributed by atoms with Crippen molar-refractivity contribution in [1.82, 2.24) is 4.98 Å². The highest BCUT2D eigenvalue weighted by Crippen LogP contribution is 2.38. The van der Waals surface area contributed by atoms with Crippen molar-refractivity contribution in [1.29, 1.82) is 0 Å². The molecule has 0 atom stereocenters. The molecule has 0 amide bonds. The van der Waals surface area contributed by atoms with Gasteiger partial charge in [0.2, 0.25) is 0 Å². The molecule has 0 aromatic carbocycles. The number of hydrogen-bond donors (Lipinski definition) is 2. The van der Waals surface area contributed by atoms with E-state index < -0.39 is 0 Å². The van der Waals surface area contributed by atoms with Crippen LogP contribution in [0.3, 0.4) is 0 Å². The molecular formula is C11H15N3S. The van der Waals surface area contributed by atoms with Gasteiger partial charge in [-0.2, -0.15) is 0 Å². The summed E-state index contributed by atoms with van der Waals surface area (Å²) in [6.45, 7) is 4.18. The number of pyridine rings is 1. The van der Waals surface area contributed by atoms with Crippen LogP contribution in [-0.2, 0) is 0 Å². The highest BCUT2D eigenvalue weighted by molar-refractivity contribution is 7.80. The molecule has 3 N–H and O–H groups in total. The van der Waals surface area contributed by atoms with Gasteiger partial charge in [-0.1, -0.05) is 12.2 Å². The molecule has 1 saturated carbocycles. The first-order chi connectivity index (χ1) is 7.02. The Hall–Kier alpha value is -1.16. The lowest BCUT2D eigenvalue weighted by atomic mass is 10.1. The number of nitrogens with zero attached hydrogens (tertiary/aromatic N) is 1. The minimum atomic E-state index is 0.195. The number of thiocarbonyl (C=S) groups is 1. The van der Waals surface area contributed by atoms with Crippen molar-refractivity contribution < 1.29 is 0 Å². The second kappa shape index (κ2) is 3.45. The van der Waals surface area contributed by atoms with Gasteiger partial charge in [0.15, 0.2) is 0 Å². The Morgan fingerprint density at radius 3 is 2.80 bits per heavy atom. The lowest BCUT2D eigenvalue weighted by molar-refractivity contribution is 0.820. The van der Waals surface area contributed by atoms with Crippen LogP contribution >= 0.6 is 12.2 Å². The van der Waals surface area contributed by atoms with Crippen molar-refractivity contribution in [2.75, 3.05) is 5.32 Å². The van der Waals surface area contributed by atoms with Gasteiger partial charge in [-0.15, -0.1) is 0 Å². The lowest BCUT2D eigenvalue weighted by Crippen LogP contribution is -2.22. The molecular weight excluding hydrogens is 206 g/mol. The Morgan fingerprint density at radius 1 is 1.60 bits per heavy atom. The molecule has 1 aromatic heterocycles. The molecule has 0 bridgehead atoms. The molecule has 0 aliphatic heterocycles. The molecule has 80 valence electrons. The number of hydrogen-bond acceptors (Lipinski definition) is 3. The summed E-state index contributed by atoms with van der Waals surface area (Å²) in [6, 6.07) is 1.93. The minimum absolute atomic E-state index is 0.195. The molecule has 0 spiro atoms. The van der Waals surface area contributed by atoms with Crippen molar-refractivity contribution in [2.45, 2.75) is 32.2 Å². The third kappa shape index (κ3) is 2.09. The van der Waals surface area contributed by atoms with Gasteiger partial charge in [0, 0.05) is 11.7 Å². The van der Waals surface area contributed by atoms with Crippen molar-refractivity contribution in [2.24, 2.45) is 5.73 Å². The van der Waals surface area contributed by atoms with E-state index in [0.717, 1.165) is 16.9 Å². The molecule has 0 radical (unpaired) electrons. The van der Waals surface area contributed by atoms with Crippen LogP contribution in [0, 0.1) is 6.92 Å². The maximum absolute atomic E-state index is 5.71. The predicted molar refractivity (Wildman–Crippen MR) is 66.1 cm³/mol. The minimum Gasteiger partial charge on any atom is -0.389 e. The molecule has 0 saturated heterocycles. The Kier molecular flexibility index (Phi) is 2.38. The molecule has 1 aliphatic rings. The van der Waals surface area contributed by atoms with Crippen molar-refractivity contribution in [3.05, 3.63) is 23.4 Å². The van der Waals surface area contributed by atoms with Gasteiger partial charge in [-0.05, 0) is 38.3 Å². The van der Waals surface area contributed by atoms with E-state index in [1.165, 1.54) is 12.8 Å². The summed E-state index contributed by atoms with van der Waals surface area (Å²) in [5.74, 6) is 0.822. The fourth-order valence-corrected chi connectivity index (χ4v) is 1.82. The molecule has 1 aliphatic carbocycles. The zero-order valence-corrected chi connectivity index (χ0v) is 9.82. The average molecular weight is 221 g/mol. The maximum atomic E-state index is 5.71. The highest BCUT2D eigenvalue weighted by atomic mass is 32.1. The second-order valence-corrected chi connectivity index (χ2v) is 4.84. The summed E-state index contributed by atoms with van der Waals surface area (Å²) < 4.78 is 0. The Labute approximate surface area is 95.1 Å². The highest BCUT2D eigenvalue weighted by Gasteiger charge is 2.38. The Bertz CT molecular complexity index is 410. The van der Waals surface area contributed by atoms with E-state index in [4.69, 9.17) is 18.0 Å². The van der Waals surface area contributed by atoms with Crippen molar-refractivity contribution >= 4 is 23.0 Å². The fraction of sp³-hybridized carbons (Fsp3) is 0.455. The van der Waals surface area contributed by atoms with Gasteiger partial charge < -0.3 is 11.1 Å². The quantitative estimate of drug-likeness (QED) is 0.766. The van der Waals surface area contributed by atoms with E-state index >= 15 is 0 Å². The summed E-state index contributed by atoms with van der Waals surface area (Å²) >= 11 is 5.04. The zero-order valence-electron chi connectivity index (χ0n) is 9.00. The van der Waals surface area contributed by atoms with E-state index in [2.05, 4.69) is 17.2 Å². The van der Waals surface area contributed by atoms with Crippen LogP contribution in [0.1, 0.15) is 30.9 Å². The first kappa shape index (κ1) is 10.4. The molecule has 15 heavy (non-hydrogen) atoms. The van der Waals surface area contributed by atoms with Gasteiger partial charge in [0.05, 0.1) is 5.56 Å². The van der Waals surface area contributed by atoms with Gasteiger partial charge >= 0.3 is 0 Å². The topological polar surface area (TPSA) is 50.9 Å².